The summed E-state index contributed by atoms with van der Waals surface area (Å²) in [6, 6.07) is 17.1. The number of benzene rings is 3. The van der Waals surface area contributed by atoms with E-state index in [4.69, 9.17) is 4.98 Å². The zero-order valence-electron chi connectivity index (χ0n) is 37.9. The summed E-state index contributed by atoms with van der Waals surface area (Å²) in [5, 5.41) is 27.4. The van der Waals surface area contributed by atoms with E-state index in [-0.39, 0.29) is 56.1 Å². The number of carbonyl (C=O) groups is 5. The summed E-state index contributed by atoms with van der Waals surface area (Å²) in [6.07, 6.45) is 2.07. The molecule has 6 aromatic rings. The normalized spacial score (nSPS) is 18.2. The molecule has 2 fully saturated rings. The summed E-state index contributed by atoms with van der Waals surface area (Å²) < 4.78 is 1.76. The first-order valence-electron chi connectivity index (χ1n) is 22.3. The fraction of sp³-hybridized carbons (Fsp3) is 0.417. The number of H-pyrrole nitrogens is 1. The third kappa shape index (κ3) is 10.8. The van der Waals surface area contributed by atoms with E-state index in [0.717, 1.165) is 62.4 Å². The largest absolute Gasteiger partial charge is 0.391 e. The number of hydrogen-bond acceptors (Lipinski definition) is 11. The number of nitrogens with one attached hydrogen (secondary N) is 5. The maximum atomic E-state index is 14.0. The van der Waals surface area contributed by atoms with Gasteiger partial charge >= 0.3 is 0 Å². The van der Waals surface area contributed by atoms with Gasteiger partial charge in [0.15, 0.2) is 0 Å². The minimum absolute atomic E-state index is 0.0244. The van der Waals surface area contributed by atoms with E-state index in [1.807, 2.05) is 94.9 Å². The van der Waals surface area contributed by atoms with Crippen LogP contribution in [0.1, 0.15) is 73.9 Å². The molecule has 5 heterocycles. The van der Waals surface area contributed by atoms with Crippen LogP contribution >= 0.6 is 11.3 Å². The number of aromatic amines is 1. The quantitative estimate of drug-likeness (QED) is 0.0837. The Morgan fingerprint density at radius 2 is 1.79 bits per heavy atom. The van der Waals surface area contributed by atoms with Crippen LogP contribution in [0.5, 0.6) is 0 Å². The van der Waals surface area contributed by atoms with Crippen molar-refractivity contribution in [2.75, 3.05) is 31.5 Å². The zero-order chi connectivity index (χ0) is 46.7. The Bertz CT molecular complexity index is 2760. The molecule has 3 aromatic carbocycles. The summed E-state index contributed by atoms with van der Waals surface area (Å²) in [6.45, 7) is 9.90. The lowest BCUT2D eigenvalue weighted by molar-refractivity contribution is -0.144. The van der Waals surface area contributed by atoms with E-state index in [0.29, 0.717) is 30.8 Å². The van der Waals surface area contributed by atoms with Crippen LogP contribution in [0.3, 0.4) is 0 Å². The second kappa shape index (κ2) is 19.5. The van der Waals surface area contributed by atoms with E-state index < -0.39 is 35.4 Å². The standard InChI is InChI=1S/C48H57N11O6S/c1-28-43(66-27-51-28)31-8-6-29(7-9-31)22-50-46(64)39-21-35(60)25-59(39)47(65)44(48(2,3)4)56-41(61)14-16-49-42(62)18-30-15-17-58(24-30)26-40-54-36-12-11-34(20-37(36)55-40)53-45(63)32-10-13-38-33(19-32)23-52-57(38)5/h6-13,19-20,23,27,30,35,39,44,60H,14-18,21-22,24-26H2,1-5H3,(H,49,62)(H,50,64)(H,53,63)(H,54,55)(H,56,61)/t30?,35-,39+,44?/m1/s1. The number of aryl methyl sites for hydroxylation is 2. The topological polar surface area (TPSA) is 220 Å². The van der Waals surface area contributed by atoms with E-state index in [9.17, 15) is 29.1 Å². The first kappa shape index (κ1) is 46.0. The van der Waals surface area contributed by atoms with Gasteiger partial charge in [-0.25, -0.2) is 9.97 Å². The molecule has 6 N–H and O–H groups in total. The number of likely N-dealkylation sites (tertiary alicyclic amines) is 2. The molecule has 2 aliphatic rings. The van der Waals surface area contributed by atoms with Crippen molar-refractivity contribution in [3.05, 3.63) is 95.0 Å². The minimum Gasteiger partial charge on any atom is -0.391 e. The van der Waals surface area contributed by atoms with Crippen LogP contribution in [0.4, 0.5) is 5.69 Å². The van der Waals surface area contributed by atoms with Crippen LogP contribution in [0.25, 0.3) is 32.4 Å². The Labute approximate surface area is 386 Å². The highest BCUT2D eigenvalue weighted by Crippen LogP contribution is 2.29. The fourth-order valence-corrected chi connectivity index (χ4v) is 9.63. The third-order valence-corrected chi connectivity index (χ3v) is 13.4. The summed E-state index contributed by atoms with van der Waals surface area (Å²) in [5.41, 5.74) is 7.71. The number of fused-ring (bicyclic) bond motifs is 2. The van der Waals surface area contributed by atoms with Gasteiger partial charge < -0.3 is 36.3 Å². The molecule has 4 atom stereocenters. The molecule has 2 unspecified atom stereocenters. The fourth-order valence-electron chi connectivity index (χ4n) is 8.82. The number of aliphatic hydroxyl groups is 1. The average Bonchev–Trinajstić information content (AvgIpc) is 4.14. The second-order valence-corrected chi connectivity index (χ2v) is 19.4. The maximum Gasteiger partial charge on any atom is 0.255 e. The van der Waals surface area contributed by atoms with E-state index >= 15 is 0 Å². The Balaban J connectivity index is 0.767. The lowest BCUT2D eigenvalue weighted by atomic mass is 9.85. The van der Waals surface area contributed by atoms with Crippen molar-refractivity contribution in [3.8, 4) is 10.4 Å². The smallest absolute Gasteiger partial charge is 0.255 e. The Morgan fingerprint density at radius 1 is 0.985 bits per heavy atom. The number of carbonyl (C=O) groups excluding carboxylic acids is 5. The van der Waals surface area contributed by atoms with Crippen LogP contribution in [-0.4, -0.2) is 114 Å². The van der Waals surface area contributed by atoms with Gasteiger partial charge in [0.25, 0.3) is 5.91 Å². The highest BCUT2D eigenvalue weighted by atomic mass is 32.1. The van der Waals surface area contributed by atoms with Gasteiger partial charge in [0, 0.05) is 69.1 Å². The molecule has 0 aliphatic carbocycles. The number of aliphatic hydroxyl groups excluding tert-OH is 1. The number of β-amino-alcohol motifs (C(OH)–C–C–N with tert-alkyl or cyclic N) is 1. The molecule has 2 aliphatic heterocycles. The number of thiazole rings is 1. The van der Waals surface area contributed by atoms with Gasteiger partial charge in [0.05, 0.1) is 51.5 Å². The molecule has 346 valence electrons. The summed E-state index contributed by atoms with van der Waals surface area (Å²) in [5.74, 6) is -0.671. The van der Waals surface area contributed by atoms with Gasteiger partial charge in [-0.05, 0) is 78.7 Å². The lowest BCUT2D eigenvalue weighted by Gasteiger charge is -2.35. The van der Waals surface area contributed by atoms with Crippen LogP contribution in [0.2, 0.25) is 0 Å². The number of amides is 5. The molecule has 17 nitrogen and oxygen atoms in total. The molecular weight excluding hydrogens is 859 g/mol. The number of aromatic nitrogens is 5. The van der Waals surface area contributed by atoms with Crippen molar-refractivity contribution in [1.29, 1.82) is 0 Å². The highest BCUT2D eigenvalue weighted by Gasteiger charge is 2.44. The lowest BCUT2D eigenvalue weighted by Crippen LogP contribution is -2.57. The van der Waals surface area contributed by atoms with Crippen molar-refractivity contribution < 1.29 is 29.1 Å². The van der Waals surface area contributed by atoms with Gasteiger partial charge in [0.1, 0.15) is 17.9 Å². The Hall–Kier alpha value is -6.50. The summed E-state index contributed by atoms with van der Waals surface area (Å²) in [4.78, 5) is 84.0. The molecule has 2 saturated heterocycles. The third-order valence-electron chi connectivity index (χ3n) is 12.4. The zero-order valence-corrected chi connectivity index (χ0v) is 38.7. The number of rotatable bonds is 15. The van der Waals surface area contributed by atoms with Crippen LogP contribution < -0.4 is 21.3 Å². The molecule has 8 rings (SSSR count). The predicted octanol–water partition coefficient (Wildman–Crippen LogP) is 4.66. The molecule has 66 heavy (non-hydrogen) atoms. The molecule has 0 bridgehead atoms. The van der Waals surface area contributed by atoms with E-state index in [2.05, 4.69) is 41.2 Å². The predicted molar refractivity (Wildman–Crippen MR) is 252 cm³/mol. The molecule has 0 spiro atoms. The average molecular weight is 916 g/mol. The van der Waals surface area contributed by atoms with Gasteiger partial charge in [-0.1, -0.05) is 45.0 Å². The maximum absolute atomic E-state index is 14.0. The van der Waals surface area contributed by atoms with E-state index in [1.54, 1.807) is 28.3 Å². The van der Waals surface area contributed by atoms with Crippen LogP contribution in [-0.2, 0) is 39.3 Å². The van der Waals surface area contributed by atoms with Gasteiger partial charge in [-0.15, -0.1) is 11.3 Å². The van der Waals surface area contributed by atoms with Crippen LogP contribution in [0.15, 0.2) is 72.4 Å². The first-order chi connectivity index (χ1) is 31.6. The Kier molecular flexibility index (Phi) is 13.6. The van der Waals surface area contributed by atoms with Crippen LogP contribution in [0, 0.1) is 18.3 Å². The Morgan fingerprint density at radius 3 is 2.55 bits per heavy atom. The van der Waals surface area contributed by atoms with Crippen molar-refractivity contribution in [2.24, 2.45) is 18.4 Å². The number of anilines is 1. The first-order valence-corrected chi connectivity index (χ1v) is 23.2. The number of nitrogens with zero attached hydrogens (tertiary/aromatic N) is 6. The van der Waals surface area contributed by atoms with Crippen molar-refractivity contribution >= 4 is 68.5 Å². The number of imidazole rings is 1. The molecular formula is C48H57N11O6S. The summed E-state index contributed by atoms with van der Waals surface area (Å²) in [7, 11) is 1.86. The van der Waals surface area contributed by atoms with Crippen molar-refractivity contribution in [2.45, 2.75) is 84.7 Å². The highest BCUT2D eigenvalue weighted by molar-refractivity contribution is 7.13. The minimum atomic E-state index is -0.970. The van der Waals surface area contributed by atoms with Gasteiger partial charge in [-0.2, -0.15) is 5.10 Å². The van der Waals surface area contributed by atoms with Crippen molar-refractivity contribution in [1.82, 2.24) is 50.5 Å². The van der Waals surface area contributed by atoms with Gasteiger partial charge in [-0.3, -0.25) is 33.6 Å². The molecule has 0 saturated carbocycles. The number of hydrogen-bond donors (Lipinski definition) is 6. The second-order valence-electron chi connectivity index (χ2n) is 18.5. The van der Waals surface area contributed by atoms with Crippen molar-refractivity contribution in [3.63, 3.8) is 0 Å². The molecule has 18 heteroatoms. The van der Waals surface area contributed by atoms with Gasteiger partial charge in [0.2, 0.25) is 23.6 Å². The summed E-state index contributed by atoms with van der Waals surface area (Å²) >= 11 is 1.57. The monoisotopic (exact) mass is 915 g/mol. The molecule has 0 radical (unpaired) electrons. The SMILES string of the molecule is Cc1ncsc1-c1ccc(CNC(=O)[C@@H]2C[C@@H](O)CN2C(=O)C(NC(=O)CCNC(=O)CC2CCN(Cc3nc4cc(NC(=O)c5ccc6c(cnn6C)c5)ccc4[nH]3)C2)C(C)(C)C)cc1. The molecule has 3 aromatic heterocycles. The molecule has 5 amide bonds. The van der Waals surface area contributed by atoms with E-state index in [1.165, 1.54) is 4.90 Å².